The summed E-state index contributed by atoms with van der Waals surface area (Å²) in [6, 6.07) is 7.05. The summed E-state index contributed by atoms with van der Waals surface area (Å²) in [7, 11) is 0. The van der Waals surface area contributed by atoms with Crippen molar-refractivity contribution in [3.05, 3.63) is 40.9 Å². The first kappa shape index (κ1) is 18.4. The topological polar surface area (TPSA) is 101 Å². The summed E-state index contributed by atoms with van der Waals surface area (Å²) >= 11 is 1.38. The van der Waals surface area contributed by atoms with Gasteiger partial charge in [0.2, 0.25) is 11.8 Å². The molecular formula is C19H20N4O4S. The van der Waals surface area contributed by atoms with E-state index in [1.807, 2.05) is 13.0 Å². The summed E-state index contributed by atoms with van der Waals surface area (Å²) in [5.74, 6) is -0.125. The van der Waals surface area contributed by atoms with E-state index in [2.05, 4.69) is 15.6 Å². The maximum atomic E-state index is 12.5. The normalized spacial score (nSPS) is 21.5. The smallest absolute Gasteiger partial charge is 0.258 e. The molecule has 2 aliphatic heterocycles. The molecule has 1 fully saturated rings. The summed E-state index contributed by atoms with van der Waals surface area (Å²) in [5, 5.41) is 6.15. The molecule has 0 unspecified atom stereocenters. The van der Waals surface area contributed by atoms with Gasteiger partial charge >= 0.3 is 0 Å². The summed E-state index contributed by atoms with van der Waals surface area (Å²) < 4.78 is 6.09. The highest BCUT2D eigenvalue weighted by atomic mass is 32.1. The number of likely N-dealkylation sites (tertiary alicyclic amines) is 1. The average molecular weight is 400 g/mol. The lowest BCUT2D eigenvalue weighted by Crippen LogP contribution is -2.56. The number of para-hydroxylation sites is 1. The number of rotatable bonds is 3. The number of anilines is 1. The van der Waals surface area contributed by atoms with E-state index < -0.39 is 5.72 Å². The Labute approximate surface area is 165 Å². The van der Waals surface area contributed by atoms with Gasteiger partial charge in [0.1, 0.15) is 5.75 Å². The fourth-order valence-electron chi connectivity index (χ4n) is 3.42. The number of carbonyl (C=O) groups excluding carboxylic acids is 3. The van der Waals surface area contributed by atoms with Crippen LogP contribution < -0.4 is 15.4 Å². The van der Waals surface area contributed by atoms with Crippen LogP contribution >= 0.6 is 11.3 Å². The molecule has 0 saturated carbocycles. The minimum Gasteiger partial charge on any atom is -0.467 e. The predicted molar refractivity (Wildman–Crippen MR) is 103 cm³/mol. The van der Waals surface area contributed by atoms with Gasteiger partial charge in [0.25, 0.3) is 5.91 Å². The summed E-state index contributed by atoms with van der Waals surface area (Å²) in [6.45, 7) is 2.16. The van der Waals surface area contributed by atoms with Crippen molar-refractivity contribution in [2.45, 2.75) is 31.9 Å². The van der Waals surface area contributed by atoms with Crippen LogP contribution in [0.4, 0.5) is 5.13 Å². The van der Waals surface area contributed by atoms with Gasteiger partial charge in [0.05, 0.1) is 12.1 Å². The van der Waals surface area contributed by atoms with Gasteiger partial charge in [-0.3, -0.25) is 14.4 Å². The van der Waals surface area contributed by atoms with Gasteiger partial charge in [-0.1, -0.05) is 12.1 Å². The van der Waals surface area contributed by atoms with Crippen molar-refractivity contribution >= 4 is 34.2 Å². The second-order valence-electron chi connectivity index (χ2n) is 6.94. The van der Waals surface area contributed by atoms with Crippen LogP contribution in [0.25, 0.3) is 0 Å². The molecule has 2 aromatic rings. The van der Waals surface area contributed by atoms with Crippen LogP contribution in [-0.4, -0.2) is 46.4 Å². The van der Waals surface area contributed by atoms with Crippen molar-refractivity contribution in [2.75, 3.05) is 18.4 Å². The van der Waals surface area contributed by atoms with E-state index in [0.29, 0.717) is 35.8 Å². The summed E-state index contributed by atoms with van der Waals surface area (Å²) in [4.78, 5) is 43.9. The Morgan fingerprint density at radius 3 is 2.96 bits per heavy atom. The van der Waals surface area contributed by atoms with E-state index in [9.17, 15) is 14.4 Å². The third-order valence-corrected chi connectivity index (χ3v) is 5.69. The number of thiazole rings is 1. The number of fused-ring (bicyclic) bond motifs is 1. The Morgan fingerprint density at radius 2 is 2.18 bits per heavy atom. The van der Waals surface area contributed by atoms with Gasteiger partial charge in [-0.05, 0) is 19.1 Å². The third kappa shape index (κ3) is 3.70. The van der Waals surface area contributed by atoms with Crippen LogP contribution in [0.3, 0.4) is 0 Å². The number of hydrogen-bond acceptors (Lipinski definition) is 6. The molecule has 4 rings (SSSR count). The molecule has 2 N–H and O–H groups in total. The van der Waals surface area contributed by atoms with Crippen LogP contribution in [-0.2, 0) is 9.59 Å². The zero-order chi connectivity index (χ0) is 19.7. The van der Waals surface area contributed by atoms with Crippen molar-refractivity contribution in [3.63, 3.8) is 0 Å². The molecule has 1 aromatic carbocycles. The van der Waals surface area contributed by atoms with E-state index in [0.717, 1.165) is 4.88 Å². The Balaban J connectivity index is 1.43. The molecule has 2 aliphatic rings. The number of ether oxygens (including phenoxy) is 1. The van der Waals surface area contributed by atoms with Gasteiger partial charge in [-0.2, -0.15) is 0 Å². The second-order valence-corrected chi connectivity index (χ2v) is 8.17. The van der Waals surface area contributed by atoms with Crippen LogP contribution in [0.15, 0.2) is 30.5 Å². The van der Waals surface area contributed by atoms with E-state index in [4.69, 9.17) is 4.74 Å². The quantitative estimate of drug-likeness (QED) is 0.820. The number of carbonyl (C=O) groups is 3. The lowest BCUT2D eigenvalue weighted by atomic mass is 10.0. The largest absolute Gasteiger partial charge is 0.467 e. The third-order valence-electron chi connectivity index (χ3n) is 4.86. The van der Waals surface area contributed by atoms with Crippen molar-refractivity contribution in [1.29, 1.82) is 0 Å². The first-order valence-corrected chi connectivity index (χ1v) is 9.86. The molecule has 1 saturated heterocycles. The molecule has 1 spiro atoms. The number of benzene rings is 1. The SMILES string of the molecule is Cc1cnc(NC(=O)CN2CC[C@@]3(CCC2=O)NC(=O)c2ccccc2O3)s1. The second kappa shape index (κ2) is 7.23. The van der Waals surface area contributed by atoms with Crippen LogP contribution in [0.5, 0.6) is 5.75 Å². The highest BCUT2D eigenvalue weighted by Gasteiger charge is 2.42. The molecule has 3 heterocycles. The number of aromatic nitrogens is 1. The zero-order valence-electron chi connectivity index (χ0n) is 15.4. The minimum absolute atomic E-state index is 0.0575. The lowest BCUT2D eigenvalue weighted by molar-refractivity contribution is -0.134. The van der Waals surface area contributed by atoms with Crippen molar-refractivity contribution in [3.8, 4) is 5.75 Å². The van der Waals surface area contributed by atoms with Crippen LogP contribution in [0, 0.1) is 6.92 Å². The number of nitrogens with one attached hydrogen (secondary N) is 2. The van der Waals surface area contributed by atoms with Crippen molar-refractivity contribution < 1.29 is 19.1 Å². The monoisotopic (exact) mass is 400 g/mol. The first-order valence-electron chi connectivity index (χ1n) is 9.05. The van der Waals surface area contributed by atoms with Gasteiger partial charge in [0.15, 0.2) is 10.9 Å². The van der Waals surface area contributed by atoms with Crippen molar-refractivity contribution in [2.24, 2.45) is 0 Å². The standard InChI is InChI=1S/C19H20N4O4S/c1-12-10-20-18(28-12)21-15(24)11-23-9-8-19(7-6-16(23)25)22-17(26)13-4-2-3-5-14(13)27-19/h2-5,10H,6-9,11H2,1H3,(H,22,26)(H,20,21,24)/t19-/m0/s1. The molecule has 8 nitrogen and oxygen atoms in total. The molecular weight excluding hydrogens is 380 g/mol. The summed E-state index contributed by atoms with van der Waals surface area (Å²) in [5.41, 5.74) is -0.447. The molecule has 1 atom stereocenters. The Hall–Kier alpha value is -2.94. The number of nitrogens with zero attached hydrogens (tertiary/aromatic N) is 2. The molecule has 146 valence electrons. The van der Waals surface area contributed by atoms with Crippen LogP contribution in [0.1, 0.15) is 34.5 Å². The lowest BCUT2D eigenvalue weighted by Gasteiger charge is -2.38. The fraction of sp³-hybridized carbons (Fsp3) is 0.368. The molecule has 0 radical (unpaired) electrons. The predicted octanol–water partition coefficient (Wildman–Crippen LogP) is 1.92. The molecule has 1 aromatic heterocycles. The highest BCUT2D eigenvalue weighted by molar-refractivity contribution is 7.15. The van der Waals surface area contributed by atoms with E-state index in [1.165, 1.54) is 16.2 Å². The molecule has 9 heteroatoms. The number of amides is 3. The van der Waals surface area contributed by atoms with Gasteiger partial charge in [0, 0.05) is 36.9 Å². The van der Waals surface area contributed by atoms with E-state index in [-0.39, 0.29) is 30.7 Å². The maximum Gasteiger partial charge on any atom is 0.258 e. The summed E-state index contributed by atoms with van der Waals surface area (Å²) in [6.07, 6.45) is 2.63. The highest BCUT2D eigenvalue weighted by Crippen LogP contribution is 2.33. The molecule has 0 bridgehead atoms. The molecule has 0 aliphatic carbocycles. The molecule has 3 amide bonds. The van der Waals surface area contributed by atoms with E-state index >= 15 is 0 Å². The van der Waals surface area contributed by atoms with Gasteiger partial charge in [-0.25, -0.2) is 4.98 Å². The van der Waals surface area contributed by atoms with E-state index in [1.54, 1.807) is 24.4 Å². The van der Waals surface area contributed by atoms with Crippen molar-refractivity contribution in [1.82, 2.24) is 15.2 Å². The average Bonchev–Trinajstić information content (AvgIpc) is 3.01. The Kier molecular flexibility index (Phi) is 4.76. The number of hydrogen-bond donors (Lipinski definition) is 2. The Bertz CT molecular complexity index is 944. The fourth-order valence-corrected chi connectivity index (χ4v) is 4.11. The minimum atomic E-state index is -0.932. The number of aryl methyl sites for hydroxylation is 1. The molecule has 28 heavy (non-hydrogen) atoms. The first-order chi connectivity index (χ1) is 13.4. The Morgan fingerprint density at radius 1 is 1.36 bits per heavy atom. The van der Waals surface area contributed by atoms with Gasteiger partial charge < -0.3 is 20.3 Å². The zero-order valence-corrected chi connectivity index (χ0v) is 16.2. The van der Waals surface area contributed by atoms with Gasteiger partial charge in [-0.15, -0.1) is 11.3 Å². The maximum absolute atomic E-state index is 12.5. The van der Waals surface area contributed by atoms with Crippen LogP contribution in [0.2, 0.25) is 0 Å².